The summed E-state index contributed by atoms with van der Waals surface area (Å²) in [4.78, 5) is 23.1. The monoisotopic (exact) mass is 292 g/mol. The predicted octanol–water partition coefficient (Wildman–Crippen LogP) is 0.937. The van der Waals surface area contributed by atoms with E-state index in [4.69, 9.17) is 9.47 Å². The standard InChI is InChI=1S/C15H20N2O4/c18-14(16-9-13-7-4-8-21-13)10-20-11-15(19)17-12-5-2-1-3-6-12/h1-3,5-6,13H,4,7-11H2,(H,16,18)(H,17,19)/t13-/m1/s1. The number of ether oxygens (including phenoxy) is 2. The van der Waals surface area contributed by atoms with Gasteiger partial charge in [0.2, 0.25) is 11.8 Å². The predicted molar refractivity (Wildman–Crippen MR) is 77.9 cm³/mol. The van der Waals surface area contributed by atoms with Crippen LogP contribution < -0.4 is 10.6 Å². The number of hydrogen-bond acceptors (Lipinski definition) is 4. The number of hydrogen-bond donors (Lipinski definition) is 2. The molecule has 2 amide bonds. The first kappa shape index (κ1) is 15.5. The Hall–Kier alpha value is -1.92. The molecule has 0 radical (unpaired) electrons. The highest BCUT2D eigenvalue weighted by Gasteiger charge is 2.16. The topological polar surface area (TPSA) is 76.7 Å². The summed E-state index contributed by atoms with van der Waals surface area (Å²) in [6, 6.07) is 9.09. The second-order valence-corrected chi connectivity index (χ2v) is 4.85. The van der Waals surface area contributed by atoms with Crippen molar-refractivity contribution in [3.63, 3.8) is 0 Å². The number of nitrogens with one attached hydrogen (secondary N) is 2. The van der Waals surface area contributed by atoms with Gasteiger partial charge in [0.05, 0.1) is 6.10 Å². The Morgan fingerprint density at radius 1 is 1.19 bits per heavy atom. The summed E-state index contributed by atoms with van der Waals surface area (Å²) in [5.74, 6) is -0.522. The number of carbonyl (C=O) groups is 2. The summed E-state index contributed by atoms with van der Waals surface area (Å²) in [5.41, 5.74) is 0.703. The number of rotatable bonds is 7. The molecule has 114 valence electrons. The van der Waals surface area contributed by atoms with E-state index in [1.165, 1.54) is 0 Å². The molecular weight excluding hydrogens is 272 g/mol. The Morgan fingerprint density at radius 3 is 2.67 bits per heavy atom. The molecule has 0 aromatic heterocycles. The maximum atomic E-state index is 11.6. The molecule has 0 unspecified atom stereocenters. The van der Waals surface area contributed by atoms with E-state index in [9.17, 15) is 9.59 Å². The van der Waals surface area contributed by atoms with Crippen LogP contribution in [0.25, 0.3) is 0 Å². The third-order valence-electron chi connectivity index (χ3n) is 3.07. The fourth-order valence-electron chi connectivity index (χ4n) is 2.04. The van der Waals surface area contributed by atoms with Crippen LogP contribution >= 0.6 is 0 Å². The van der Waals surface area contributed by atoms with Crippen molar-refractivity contribution in [3.05, 3.63) is 30.3 Å². The van der Waals surface area contributed by atoms with Gasteiger partial charge in [-0.1, -0.05) is 18.2 Å². The van der Waals surface area contributed by atoms with Crippen molar-refractivity contribution < 1.29 is 19.1 Å². The van der Waals surface area contributed by atoms with Crippen LogP contribution in [-0.2, 0) is 19.1 Å². The number of benzene rings is 1. The van der Waals surface area contributed by atoms with Crippen molar-refractivity contribution in [2.75, 3.05) is 31.7 Å². The molecule has 0 bridgehead atoms. The molecule has 2 N–H and O–H groups in total. The highest BCUT2D eigenvalue weighted by molar-refractivity contribution is 5.91. The van der Waals surface area contributed by atoms with Crippen LogP contribution in [0.1, 0.15) is 12.8 Å². The van der Waals surface area contributed by atoms with Crippen LogP contribution in [0, 0.1) is 0 Å². The van der Waals surface area contributed by atoms with Crippen LogP contribution in [0.3, 0.4) is 0 Å². The van der Waals surface area contributed by atoms with Gasteiger partial charge in [0.25, 0.3) is 0 Å². The van der Waals surface area contributed by atoms with Crippen molar-refractivity contribution in [2.45, 2.75) is 18.9 Å². The van der Waals surface area contributed by atoms with E-state index in [2.05, 4.69) is 10.6 Å². The number of para-hydroxylation sites is 1. The van der Waals surface area contributed by atoms with E-state index < -0.39 is 0 Å². The van der Waals surface area contributed by atoms with Crippen molar-refractivity contribution >= 4 is 17.5 Å². The van der Waals surface area contributed by atoms with Gasteiger partial charge in [-0.3, -0.25) is 9.59 Å². The van der Waals surface area contributed by atoms with Gasteiger partial charge in [-0.25, -0.2) is 0 Å². The molecule has 2 rings (SSSR count). The minimum absolute atomic E-state index is 0.107. The minimum Gasteiger partial charge on any atom is -0.376 e. The highest BCUT2D eigenvalue weighted by Crippen LogP contribution is 2.10. The lowest BCUT2D eigenvalue weighted by atomic mass is 10.2. The zero-order chi connectivity index (χ0) is 14.9. The largest absolute Gasteiger partial charge is 0.376 e. The van der Waals surface area contributed by atoms with Crippen LogP contribution in [0.5, 0.6) is 0 Å². The Kier molecular flexibility index (Phi) is 6.18. The molecule has 21 heavy (non-hydrogen) atoms. The fraction of sp³-hybridized carbons (Fsp3) is 0.467. The van der Waals surface area contributed by atoms with Crippen molar-refractivity contribution in [1.82, 2.24) is 5.32 Å². The van der Waals surface area contributed by atoms with Crippen molar-refractivity contribution in [3.8, 4) is 0 Å². The van der Waals surface area contributed by atoms with E-state index in [0.29, 0.717) is 12.2 Å². The first-order chi connectivity index (χ1) is 10.2. The highest BCUT2D eigenvalue weighted by atomic mass is 16.5. The van der Waals surface area contributed by atoms with Gasteiger partial charge in [-0.2, -0.15) is 0 Å². The zero-order valence-corrected chi connectivity index (χ0v) is 11.8. The molecule has 1 fully saturated rings. The van der Waals surface area contributed by atoms with Gasteiger partial charge in [0, 0.05) is 18.8 Å². The second-order valence-electron chi connectivity index (χ2n) is 4.85. The van der Waals surface area contributed by atoms with E-state index in [-0.39, 0.29) is 31.1 Å². The Balaban J connectivity index is 1.55. The molecule has 1 atom stereocenters. The molecule has 0 spiro atoms. The van der Waals surface area contributed by atoms with Crippen LogP contribution in [0.2, 0.25) is 0 Å². The van der Waals surface area contributed by atoms with Crippen LogP contribution in [0.15, 0.2) is 30.3 Å². The van der Waals surface area contributed by atoms with Gasteiger partial charge in [0.1, 0.15) is 13.2 Å². The lowest BCUT2D eigenvalue weighted by molar-refractivity contribution is -0.129. The number of anilines is 1. The van der Waals surface area contributed by atoms with Crippen molar-refractivity contribution in [1.29, 1.82) is 0 Å². The molecule has 0 aliphatic carbocycles. The zero-order valence-electron chi connectivity index (χ0n) is 11.8. The maximum Gasteiger partial charge on any atom is 0.250 e. The lowest BCUT2D eigenvalue weighted by Gasteiger charge is -2.11. The summed E-state index contributed by atoms with van der Waals surface area (Å²) in [5, 5.41) is 5.40. The lowest BCUT2D eigenvalue weighted by Crippen LogP contribution is -2.35. The molecule has 6 heteroatoms. The van der Waals surface area contributed by atoms with E-state index >= 15 is 0 Å². The third-order valence-corrected chi connectivity index (χ3v) is 3.07. The molecule has 0 saturated carbocycles. The van der Waals surface area contributed by atoms with E-state index in [0.717, 1.165) is 19.4 Å². The molecule has 1 aliphatic rings. The molecule has 1 aliphatic heterocycles. The van der Waals surface area contributed by atoms with Gasteiger partial charge in [-0.15, -0.1) is 0 Å². The Labute approximate surface area is 123 Å². The molecule has 6 nitrogen and oxygen atoms in total. The summed E-state index contributed by atoms with van der Waals surface area (Å²) in [6.45, 7) is 0.978. The SMILES string of the molecule is O=C(COCC(=O)Nc1ccccc1)NC[C@H]1CCCO1. The fourth-order valence-corrected chi connectivity index (χ4v) is 2.04. The van der Waals surface area contributed by atoms with Gasteiger partial charge in [0.15, 0.2) is 0 Å². The summed E-state index contributed by atoms with van der Waals surface area (Å²) in [7, 11) is 0. The van der Waals surface area contributed by atoms with E-state index in [1.807, 2.05) is 18.2 Å². The summed E-state index contributed by atoms with van der Waals surface area (Å²) in [6.07, 6.45) is 2.12. The normalized spacial score (nSPS) is 17.4. The quantitative estimate of drug-likeness (QED) is 0.784. The molecule has 1 aromatic rings. The molecule has 1 saturated heterocycles. The van der Waals surface area contributed by atoms with Gasteiger partial charge < -0.3 is 20.1 Å². The molecular formula is C15H20N2O4. The second kappa shape index (κ2) is 8.39. The average Bonchev–Trinajstić information content (AvgIpc) is 2.99. The summed E-state index contributed by atoms with van der Waals surface area (Å²) >= 11 is 0. The smallest absolute Gasteiger partial charge is 0.250 e. The Morgan fingerprint density at radius 2 is 1.95 bits per heavy atom. The molecule has 1 heterocycles. The Bertz CT molecular complexity index is 458. The molecule has 1 aromatic carbocycles. The number of amides is 2. The average molecular weight is 292 g/mol. The minimum atomic E-state index is -0.284. The first-order valence-electron chi connectivity index (χ1n) is 7.05. The number of carbonyl (C=O) groups excluding carboxylic acids is 2. The van der Waals surface area contributed by atoms with Gasteiger partial charge in [-0.05, 0) is 25.0 Å². The summed E-state index contributed by atoms with van der Waals surface area (Å²) < 4.78 is 10.5. The van der Waals surface area contributed by atoms with Crippen LogP contribution in [0.4, 0.5) is 5.69 Å². The van der Waals surface area contributed by atoms with Crippen LogP contribution in [-0.4, -0.2) is 44.3 Å². The third kappa shape index (κ3) is 5.93. The maximum absolute atomic E-state index is 11.6. The first-order valence-corrected chi connectivity index (χ1v) is 7.05. The van der Waals surface area contributed by atoms with Crippen molar-refractivity contribution in [2.24, 2.45) is 0 Å². The van der Waals surface area contributed by atoms with E-state index in [1.54, 1.807) is 12.1 Å². The van der Waals surface area contributed by atoms with Gasteiger partial charge >= 0.3 is 0 Å².